The normalized spacial score (nSPS) is 12.7. The first-order chi connectivity index (χ1) is 8.41. The van der Waals surface area contributed by atoms with Gasteiger partial charge in [0.1, 0.15) is 5.82 Å². The van der Waals surface area contributed by atoms with Gasteiger partial charge in [-0.3, -0.25) is 0 Å². The average Bonchev–Trinajstić information content (AvgIpc) is 2.28. The van der Waals surface area contributed by atoms with Crippen molar-refractivity contribution in [1.29, 1.82) is 0 Å². The lowest BCUT2D eigenvalue weighted by atomic mass is 9.98. The van der Waals surface area contributed by atoms with Crippen LogP contribution < -0.4 is 5.32 Å². The summed E-state index contributed by atoms with van der Waals surface area (Å²) in [6.45, 7) is 7.89. The van der Waals surface area contributed by atoms with Gasteiger partial charge in [-0.15, -0.1) is 0 Å². The maximum Gasteiger partial charge on any atom is 0.338 e. The first-order valence-corrected chi connectivity index (χ1v) is 6.14. The van der Waals surface area contributed by atoms with Gasteiger partial charge in [-0.1, -0.05) is 26.8 Å². The number of hydrogen-bond donors (Lipinski definition) is 2. The molecule has 18 heavy (non-hydrogen) atoms. The van der Waals surface area contributed by atoms with E-state index in [1.165, 1.54) is 12.1 Å². The molecule has 4 heteroatoms. The zero-order chi connectivity index (χ0) is 13.7. The molecule has 1 aromatic carbocycles. The van der Waals surface area contributed by atoms with Crippen molar-refractivity contribution < 1.29 is 14.3 Å². The van der Waals surface area contributed by atoms with Crippen molar-refractivity contribution in [2.24, 2.45) is 11.8 Å². The fraction of sp³-hybridized carbons (Fsp3) is 0.500. The van der Waals surface area contributed by atoms with Crippen LogP contribution in [0.25, 0.3) is 0 Å². The van der Waals surface area contributed by atoms with Gasteiger partial charge < -0.3 is 10.4 Å². The van der Waals surface area contributed by atoms with Crippen LogP contribution in [-0.4, -0.2) is 17.6 Å². The van der Waals surface area contributed by atoms with E-state index in [4.69, 9.17) is 5.11 Å². The van der Waals surface area contributed by atoms with Gasteiger partial charge in [-0.2, -0.15) is 0 Å². The summed E-state index contributed by atoms with van der Waals surface area (Å²) >= 11 is 0. The van der Waals surface area contributed by atoms with E-state index in [2.05, 4.69) is 26.1 Å². The number of carboxylic acid groups (broad SMARTS) is 1. The largest absolute Gasteiger partial charge is 0.478 e. The molecular formula is C14H20FNO2. The van der Waals surface area contributed by atoms with E-state index in [-0.39, 0.29) is 5.56 Å². The predicted octanol–water partition coefficient (Wildman–Crippen LogP) is 2.91. The predicted molar refractivity (Wildman–Crippen MR) is 69.1 cm³/mol. The molecule has 1 atom stereocenters. The third-order valence-corrected chi connectivity index (χ3v) is 3.20. The second-order valence-electron chi connectivity index (χ2n) is 4.97. The molecule has 1 aromatic rings. The van der Waals surface area contributed by atoms with Crippen LogP contribution >= 0.6 is 0 Å². The van der Waals surface area contributed by atoms with Crippen LogP contribution in [0.5, 0.6) is 0 Å². The molecule has 100 valence electrons. The fourth-order valence-corrected chi connectivity index (χ4v) is 1.52. The van der Waals surface area contributed by atoms with Crippen molar-refractivity contribution in [2.45, 2.75) is 27.3 Å². The van der Waals surface area contributed by atoms with Crippen LogP contribution in [0, 0.1) is 17.7 Å². The summed E-state index contributed by atoms with van der Waals surface area (Å²) in [5.41, 5.74) is 0.475. The molecule has 2 N–H and O–H groups in total. The Hall–Kier alpha value is -1.42. The molecule has 0 aromatic heterocycles. The number of benzene rings is 1. The van der Waals surface area contributed by atoms with E-state index >= 15 is 0 Å². The number of carboxylic acids is 1. The first-order valence-electron chi connectivity index (χ1n) is 6.14. The van der Waals surface area contributed by atoms with Gasteiger partial charge >= 0.3 is 5.97 Å². The Balaban J connectivity index is 2.54. The zero-order valence-corrected chi connectivity index (χ0v) is 11.0. The first kappa shape index (κ1) is 14.6. The lowest BCUT2D eigenvalue weighted by Gasteiger charge is -2.16. The molecule has 0 heterocycles. The smallest absolute Gasteiger partial charge is 0.338 e. The second-order valence-corrected chi connectivity index (χ2v) is 4.97. The van der Waals surface area contributed by atoms with E-state index in [1.807, 2.05) is 0 Å². The zero-order valence-electron chi connectivity index (χ0n) is 11.0. The van der Waals surface area contributed by atoms with Crippen LogP contribution in [0.3, 0.4) is 0 Å². The van der Waals surface area contributed by atoms with Gasteiger partial charge in [0.2, 0.25) is 0 Å². The summed E-state index contributed by atoms with van der Waals surface area (Å²) in [5, 5.41) is 12.0. The Morgan fingerprint density at radius 1 is 1.39 bits per heavy atom. The highest BCUT2D eigenvalue weighted by Gasteiger charge is 2.10. The highest BCUT2D eigenvalue weighted by Crippen LogP contribution is 2.11. The van der Waals surface area contributed by atoms with Gasteiger partial charge in [-0.25, -0.2) is 9.18 Å². The van der Waals surface area contributed by atoms with Crippen molar-refractivity contribution in [3.63, 3.8) is 0 Å². The molecule has 0 fully saturated rings. The molecule has 1 unspecified atom stereocenters. The second kappa shape index (κ2) is 6.50. The van der Waals surface area contributed by atoms with Crippen LogP contribution in [0.1, 0.15) is 36.7 Å². The Kier molecular flexibility index (Phi) is 5.28. The number of nitrogens with one attached hydrogen (secondary N) is 1. The number of carbonyl (C=O) groups is 1. The Labute approximate surface area is 107 Å². The van der Waals surface area contributed by atoms with Crippen LogP contribution in [0.15, 0.2) is 18.2 Å². The molecule has 0 spiro atoms. The number of halogens is 1. The fourth-order valence-electron chi connectivity index (χ4n) is 1.52. The minimum atomic E-state index is -1.24. The summed E-state index contributed by atoms with van der Waals surface area (Å²) in [6.07, 6.45) is 0. The highest BCUT2D eigenvalue weighted by atomic mass is 19.1. The molecule has 3 nitrogen and oxygen atoms in total. The summed E-state index contributed by atoms with van der Waals surface area (Å²) in [4.78, 5) is 10.7. The Morgan fingerprint density at radius 2 is 2.06 bits per heavy atom. The summed E-state index contributed by atoms with van der Waals surface area (Å²) in [5.74, 6) is -0.768. The molecule has 0 aliphatic heterocycles. The minimum absolute atomic E-state index is 0.283. The number of rotatable bonds is 6. The molecule has 0 amide bonds. The van der Waals surface area contributed by atoms with Crippen molar-refractivity contribution in [3.8, 4) is 0 Å². The standard InChI is InChI=1S/C14H20FNO2/c1-9(2)10(3)7-16-8-11-4-5-12(14(17)18)13(15)6-11/h4-6,9-10,16H,7-8H2,1-3H3,(H,17,18). The van der Waals surface area contributed by atoms with Gasteiger partial charge in [0.15, 0.2) is 0 Å². The van der Waals surface area contributed by atoms with Gasteiger partial charge in [0.05, 0.1) is 5.56 Å². The molecule has 1 rings (SSSR count). The van der Waals surface area contributed by atoms with Crippen LogP contribution in [0.2, 0.25) is 0 Å². The molecule has 0 saturated carbocycles. The maximum absolute atomic E-state index is 13.4. The lowest BCUT2D eigenvalue weighted by molar-refractivity contribution is 0.0692. The van der Waals surface area contributed by atoms with E-state index in [0.717, 1.165) is 12.1 Å². The van der Waals surface area contributed by atoms with Gasteiger partial charge in [0.25, 0.3) is 0 Å². The van der Waals surface area contributed by atoms with Crippen molar-refractivity contribution >= 4 is 5.97 Å². The number of aromatic carboxylic acids is 1. The van der Waals surface area contributed by atoms with Crippen molar-refractivity contribution in [1.82, 2.24) is 5.32 Å². The van der Waals surface area contributed by atoms with E-state index in [9.17, 15) is 9.18 Å². The molecular weight excluding hydrogens is 233 g/mol. The molecule has 0 bridgehead atoms. The lowest BCUT2D eigenvalue weighted by Crippen LogP contribution is -2.23. The third kappa shape index (κ3) is 4.11. The Bertz CT molecular complexity index is 418. The Morgan fingerprint density at radius 3 is 2.56 bits per heavy atom. The van der Waals surface area contributed by atoms with Crippen LogP contribution in [0.4, 0.5) is 4.39 Å². The van der Waals surface area contributed by atoms with Crippen molar-refractivity contribution in [2.75, 3.05) is 6.54 Å². The molecule has 0 saturated heterocycles. The summed E-state index contributed by atoms with van der Waals surface area (Å²) < 4.78 is 13.4. The average molecular weight is 253 g/mol. The monoisotopic (exact) mass is 253 g/mol. The maximum atomic E-state index is 13.4. The SMILES string of the molecule is CC(C)C(C)CNCc1ccc(C(=O)O)c(F)c1. The van der Waals surface area contributed by atoms with E-state index < -0.39 is 11.8 Å². The third-order valence-electron chi connectivity index (χ3n) is 3.20. The molecule has 0 radical (unpaired) electrons. The number of hydrogen-bond acceptors (Lipinski definition) is 2. The topological polar surface area (TPSA) is 49.3 Å². The minimum Gasteiger partial charge on any atom is -0.478 e. The van der Waals surface area contributed by atoms with Crippen LogP contribution in [-0.2, 0) is 6.54 Å². The summed E-state index contributed by atoms with van der Waals surface area (Å²) in [6, 6.07) is 4.22. The van der Waals surface area contributed by atoms with Gasteiger partial charge in [0, 0.05) is 6.54 Å². The van der Waals surface area contributed by atoms with Crippen molar-refractivity contribution in [3.05, 3.63) is 35.1 Å². The van der Waals surface area contributed by atoms with E-state index in [0.29, 0.717) is 18.4 Å². The highest BCUT2D eigenvalue weighted by molar-refractivity contribution is 5.87. The molecule has 0 aliphatic rings. The summed E-state index contributed by atoms with van der Waals surface area (Å²) in [7, 11) is 0. The quantitative estimate of drug-likeness (QED) is 0.819. The molecule has 0 aliphatic carbocycles. The van der Waals surface area contributed by atoms with Gasteiger partial charge in [-0.05, 0) is 36.1 Å². The van der Waals surface area contributed by atoms with E-state index in [1.54, 1.807) is 6.07 Å².